The van der Waals surface area contributed by atoms with Crippen LogP contribution in [0.15, 0.2) is 12.3 Å². The van der Waals surface area contributed by atoms with E-state index < -0.39 is 11.7 Å². The minimum Gasteiger partial charge on any atom is -0.301 e. The van der Waals surface area contributed by atoms with Crippen LogP contribution in [0.25, 0.3) is 5.65 Å². The highest BCUT2D eigenvalue weighted by atomic mass is 35.5. The van der Waals surface area contributed by atoms with Crippen molar-refractivity contribution in [3.63, 3.8) is 0 Å². The molecule has 7 heteroatoms. The monoisotopic (exact) mass is 273 g/mol. The first-order chi connectivity index (χ1) is 8.34. The van der Waals surface area contributed by atoms with E-state index in [0.29, 0.717) is 11.4 Å². The highest BCUT2D eigenvalue weighted by Gasteiger charge is 2.32. The molecule has 0 bridgehead atoms. The lowest BCUT2D eigenvalue weighted by atomic mass is 10.2. The van der Waals surface area contributed by atoms with E-state index in [4.69, 9.17) is 16.9 Å². The molecular weight excluding hydrogens is 267 g/mol. The van der Waals surface area contributed by atoms with E-state index in [-0.39, 0.29) is 17.1 Å². The van der Waals surface area contributed by atoms with Crippen molar-refractivity contribution in [2.45, 2.75) is 19.5 Å². The quantitative estimate of drug-likeness (QED) is 0.799. The second kappa shape index (κ2) is 4.18. The molecule has 0 aliphatic rings. The van der Waals surface area contributed by atoms with Crippen LogP contribution in [0.3, 0.4) is 0 Å². The highest BCUT2D eigenvalue weighted by Crippen LogP contribution is 2.33. The third-order valence-electron chi connectivity index (χ3n) is 2.55. The van der Waals surface area contributed by atoms with Crippen LogP contribution in [-0.2, 0) is 12.6 Å². The Morgan fingerprint density at radius 2 is 2.17 bits per heavy atom. The van der Waals surface area contributed by atoms with Crippen LogP contribution in [0.4, 0.5) is 13.2 Å². The van der Waals surface area contributed by atoms with Gasteiger partial charge in [-0.05, 0) is 13.0 Å². The highest BCUT2D eigenvalue weighted by molar-refractivity contribution is 6.33. The maximum Gasteiger partial charge on any atom is 0.417 e. The fourth-order valence-corrected chi connectivity index (χ4v) is 1.96. The Hall–Kier alpha value is -1.74. The average molecular weight is 274 g/mol. The summed E-state index contributed by atoms with van der Waals surface area (Å²) in [5, 5.41) is 8.59. The number of hydrogen-bond acceptors (Lipinski definition) is 2. The molecule has 0 radical (unpaired) electrons. The minimum absolute atomic E-state index is 0.0232. The van der Waals surface area contributed by atoms with E-state index in [9.17, 15) is 13.2 Å². The molecule has 0 unspecified atom stereocenters. The smallest absolute Gasteiger partial charge is 0.301 e. The van der Waals surface area contributed by atoms with Crippen LogP contribution in [0, 0.1) is 18.3 Å². The van der Waals surface area contributed by atoms with E-state index >= 15 is 0 Å². The van der Waals surface area contributed by atoms with E-state index in [2.05, 4.69) is 4.98 Å². The molecule has 0 aliphatic heterocycles. The molecule has 2 aromatic heterocycles. The van der Waals surface area contributed by atoms with Crippen molar-refractivity contribution in [3.05, 3.63) is 34.2 Å². The molecule has 18 heavy (non-hydrogen) atoms. The molecule has 94 valence electrons. The number of fused-ring (bicyclic) bond motifs is 1. The van der Waals surface area contributed by atoms with Gasteiger partial charge in [-0.1, -0.05) is 11.6 Å². The lowest BCUT2D eigenvalue weighted by Crippen LogP contribution is -2.07. The van der Waals surface area contributed by atoms with Crippen LogP contribution >= 0.6 is 11.6 Å². The maximum absolute atomic E-state index is 12.7. The van der Waals surface area contributed by atoms with E-state index in [1.807, 2.05) is 6.07 Å². The van der Waals surface area contributed by atoms with Gasteiger partial charge in [0.05, 0.1) is 34.5 Å². The van der Waals surface area contributed by atoms with Gasteiger partial charge in [-0.3, -0.25) is 0 Å². The predicted molar refractivity (Wildman–Crippen MR) is 59.3 cm³/mol. The van der Waals surface area contributed by atoms with Crippen molar-refractivity contribution in [1.82, 2.24) is 9.38 Å². The van der Waals surface area contributed by atoms with Gasteiger partial charge in [0.15, 0.2) is 5.65 Å². The van der Waals surface area contributed by atoms with Crippen molar-refractivity contribution >= 4 is 17.2 Å². The Balaban J connectivity index is 2.78. The number of aryl methyl sites for hydroxylation is 1. The molecular formula is C11H7ClF3N3. The molecule has 0 aliphatic carbocycles. The molecule has 2 rings (SSSR count). The molecule has 0 atom stereocenters. The van der Waals surface area contributed by atoms with E-state index in [0.717, 1.165) is 12.3 Å². The van der Waals surface area contributed by atoms with Gasteiger partial charge >= 0.3 is 6.18 Å². The summed E-state index contributed by atoms with van der Waals surface area (Å²) in [7, 11) is 0. The molecule has 0 saturated carbocycles. The Kier molecular flexibility index (Phi) is 2.95. The summed E-state index contributed by atoms with van der Waals surface area (Å²) in [5.41, 5.74) is 0.280. The number of aromatic nitrogens is 2. The van der Waals surface area contributed by atoms with Gasteiger partial charge in [-0.25, -0.2) is 4.98 Å². The fraction of sp³-hybridized carbons (Fsp3) is 0.273. The SMILES string of the molecule is Cc1nc2c(Cl)cc(C(F)(F)F)cn2c1CC#N. The third-order valence-corrected chi connectivity index (χ3v) is 2.83. The number of imidazole rings is 1. The number of pyridine rings is 1. The van der Waals surface area contributed by atoms with E-state index in [1.165, 1.54) is 4.40 Å². The first-order valence-corrected chi connectivity index (χ1v) is 5.33. The number of rotatable bonds is 1. The lowest BCUT2D eigenvalue weighted by Gasteiger charge is -2.09. The van der Waals surface area contributed by atoms with Gasteiger partial charge in [0.1, 0.15) is 0 Å². The zero-order valence-electron chi connectivity index (χ0n) is 9.22. The second-order valence-corrected chi connectivity index (χ2v) is 4.15. The molecule has 2 heterocycles. The first kappa shape index (κ1) is 12.7. The van der Waals surface area contributed by atoms with Gasteiger partial charge in [0.2, 0.25) is 0 Å². The van der Waals surface area contributed by atoms with Crippen LogP contribution in [-0.4, -0.2) is 9.38 Å². The number of nitriles is 1. The lowest BCUT2D eigenvalue weighted by molar-refractivity contribution is -0.137. The molecule has 0 spiro atoms. The van der Waals surface area contributed by atoms with Gasteiger partial charge in [-0.2, -0.15) is 18.4 Å². The third kappa shape index (κ3) is 2.02. The van der Waals surface area contributed by atoms with Crippen molar-refractivity contribution in [1.29, 1.82) is 5.26 Å². The van der Waals surface area contributed by atoms with Gasteiger partial charge in [-0.15, -0.1) is 0 Å². The topological polar surface area (TPSA) is 41.1 Å². The minimum atomic E-state index is -4.49. The Bertz CT molecular complexity index is 652. The van der Waals surface area contributed by atoms with Gasteiger partial charge in [0.25, 0.3) is 0 Å². The first-order valence-electron chi connectivity index (χ1n) is 4.96. The van der Waals surface area contributed by atoms with Crippen molar-refractivity contribution in [2.75, 3.05) is 0 Å². The number of nitrogens with zero attached hydrogens (tertiary/aromatic N) is 3. The number of alkyl halides is 3. The summed E-state index contributed by atoms with van der Waals surface area (Å²) >= 11 is 5.79. The summed E-state index contributed by atoms with van der Waals surface area (Å²) in [6.07, 6.45) is -3.60. The van der Waals surface area contributed by atoms with Gasteiger partial charge < -0.3 is 4.40 Å². The molecule has 3 nitrogen and oxygen atoms in total. The summed E-state index contributed by atoms with van der Waals surface area (Å²) < 4.78 is 39.2. The van der Waals surface area contributed by atoms with Crippen molar-refractivity contribution in [3.8, 4) is 6.07 Å². The molecule has 2 aromatic rings. The Labute approximate surface area is 105 Å². The fourth-order valence-electron chi connectivity index (χ4n) is 1.71. The Morgan fingerprint density at radius 1 is 1.50 bits per heavy atom. The molecule has 0 fully saturated rings. The molecule has 0 aromatic carbocycles. The molecule has 0 amide bonds. The second-order valence-electron chi connectivity index (χ2n) is 3.75. The van der Waals surface area contributed by atoms with Crippen LogP contribution in [0.5, 0.6) is 0 Å². The van der Waals surface area contributed by atoms with Crippen molar-refractivity contribution < 1.29 is 13.2 Å². The largest absolute Gasteiger partial charge is 0.417 e. The van der Waals surface area contributed by atoms with Crippen molar-refractivity contribution in [2.24, 2.45) is 0 Å². The standard InChI is InChI=1S/C11H7ClF3N3/c1-6-9(2-3-16)18-5-7(11(13,14)15)4-8(12)10(18)17-6/h4-5H,2H2,1H3. The normalized spacial score (nSPS) is 11.8. The van der Waals surface area contributed by atoms with Crippen LogP contribution < -0.4 is 0 Å². The Morgan fingerprint density at radius 3 is 2.72 bits per heavy atom. The molecule has 0 saturated heterocycles. The van der Waals surface area contributed by atoms with Crippen LogP contribution in [0.2, 0.25) is 5.02 Å². The maximum atomic E-state index is 12.7. The average Bonchev–Trinajstić information content (AvgIpc) is 2.56. The van der Waals surface area contributed by atoms with Gasteiger partial charge in [0, 0.05) is 6.20 Å². The summed E-state index contributed by atoms with van der Waals surface area (Å²) in [6.45, 7) is 1.63. The summed E-state index contributed by atoms with van der Waals surface area (Å²) in [6, 6.07) is 2.73. The zero-order chi connectivity index (χ0) is 13.5. The van der Waals surface area contributed by atoms with E-state index in [1.54, 1.807) is 6.92 Å². The summed E-state index contributed by atoms with van der Waals surface area (Å²) in [5.74, 6) is 0. The predicted octanol–water partition coefficient (Wildman–Crippen LogP) is 3.38. The zero-order valence-corrected chi connectivity index (χ0v) is 9.97. The number of hydrogen-bond donors (Lipinski definition) is 0. The molecule has 0 N–H and O–H groups in total. The number of halogens is 4. The summed E-state index contributed by atoms with van der Waals surface area (Å²) in [4.78, 5) is 4.07. The van der Waals surface area contributed by atoms with Crippen LogP contribution in [0.1, 0.15) is 17.0 Å².